The maximum Gasteiger partial charge on any atom is 0.180 e. The lowest BCUT2D eigenvalue weighted by atomic mass is 10.0. The zero-order chi connectivity index (χ0) is 12.8. The van der Waals surface area contributed by atoms with E-state index in [1.54, 1.807) is 24.5 Å². The second-order valence-electron chi connectivity index (χ2n) is 4.28. The van der Waals surface area contributed by atoms with Gasteiger partial charge in [0, 0.05) is 15.8 Å². The molecule has 18 heavy (non-hydrogen) atoms. The molecule has 2 aromatic heterocycles. The first-order chi connectivity index (χ1) is 8.57. The Morgan fingerprint density at radius 2 is 2.00 bits per heavy atom. The molecule has 0 fully saturated rings. The number of hydrogen-bond acceptors (Lipinski definition) is 5. The van der Waals surface area contributed by atoms with Crippen molar-refractivity contribution in [2.45, 2.75) is 12.5 Å². The van der Waals surface area contributed by atoms with E-state index in [-0.39, 0.29) is 0 Å². The third-order valence-electron chi connectivity index (χ3n) is 2.91. The van der Waals surface area contributed by atoms with Crippen LogP contribution in [0.15, 0.2) is 36.5 Å². The number of rotatable bonds is 2. The Balaban J connectivity index is 2.12. The van der Waals surface area contributed by atoms with Gasteiger partial charge in [0.15, 0.2) is 5.13 Å². The van der Waals surface area contributed by atoms with Crippen LogP contribution in [0.1, 0.15) is 16.7 Å². The quantitative estimate of drug-likeness (QED) is 0.755. The van der Waals surface area contributed by atoms with Gasteiger partial charge in [-0.25, -0.2) is 4.98 Å². The number of thiophene rings is 1. The minimum atomic E-state index is -1.03. The van der Waals surface area contributed by atoms with Gasteiger partial charge in [0.05, 0.1) is 4.88 Å². The molecule has 3 aromatic rings. The minimum Gasteiger partial charge on any atom is -0.379 e. The number of anilines is 1. The van der Waals surface area contributed by atoms with Gasteiger partial charge < -0.3 is 10.8 Å². The van der Waals surface area contributed by atoms with Gasteiger partial charge in [-0.05, 0) is 24.4 Å². The summed E-state index contributed by atoms with van der Waals surface area (Å²) in [5.74, 6) is 0. The van der Waals surface area contributed by atoms with Crippen LogP contribution in [-0.2, 0) is 5.60 Å². The number of hydrogen-bond donors (Lipinski definition) is 2. The van der Waals surface area contributed by atoms with Gasteiger partial charge in [-0.1, -0.05) is 29.5 Å². The van der Waals surface area contributed by atoms with Gasteiger partial charge >= 0.3 is 0 Å². The standard InChI is InChI=1S/C13H12N2OS2/c1-13(16,11-7-15-12(14)18-11)10-6-8-4-2-3-5-9(8)17-10/h2-7,16H,1H3,(H2,14,15). The largest absolute Gasteiger partial charge is 0.379 e. The molecule has 2 heterocycles. The predicted octanol–water partition coefficient (Wildman–Crippen LogP) is 3.20. The first-order valence-electron chi connectivity index (χ1n) is 5.50. The van der Waals surface area contributed by atoms with E-state index in [9.17, 15) is 5.11 Å². The van der Waals surface area contributed by atoms with Crippen molar-refractivity contribution in [3.8, 4) is 0 Å². The smallest absolute Gasteiger partial charge is 0.180 e. The average molecular weight is 276 g/mol. The third kappa shape index (κ3) is 1.80. The number of thiazole rings is 1. The molecule has 0 saturated carbocycles. The monoisotopic (exact) mass is 276 g/mol. The molecule has 1 unspecified atom stereocenters. The van der Waals surface area contributed by atoms with Crippen LogP contribution in [0.5, 0.6) is 0 Å². The zero-order valence-corrected chi connectivity index (χ0v) is 11.4. The lowest BCUT2D eigenvalue weighted by Gasteiger charge is -2.19. The molecule has 5 heteroatoms. The van der Waals surface area contributed by atoms with Gasteiger partial charge in [0.25, 0.3) is 0 Å². The second-order valence-corrected chi connectivity index (χ2v) is 6.43. The fourth-order valence-corrected chi connectivity index (χ4v) is 3.79. The Bertz CT molecular complexity index is 667. The summed E-state index contributed by atoms with van der Waals surface area (Å²) < 4.78 is 1.17. The highest BCUT2D eigenvalue weighted by atomic mass is 32.1. The molecule has 3 rings (SSSR count). The normalized spacial score (nSPS) is 14.8. The number of nitrogens with zero attached hydrogens (tertiary/aromatic N) is 1. The lowest BCUT2D eigenvalue weighted by Crippen LogP contribution is -2.19. The summed E-state index contributed by atoms with van der Waals surface area (Å²) in [7, 11) is 0. The van der Waals surface area contributed by atoms with Gasteiger partial charge in [0.1, 0.15) is 5.60 Å². The molecular formula is C13H12N2OS2. The van der Waals surface area contributed by atoms with Crippen LogP contribution < -0.4 is 5.73 Å². The van der Waals surface area contributed by atoms with Crippen molar-refractivity contribution in [3.05, 3.63) is 46.3 Å². The van der Waals surface area contributed by atoms with E-state index in [1.807, 2.05) is 24.3 Å². The van der Waals surface area contributed by atoms with E-state index in [2.05, 4.69) is 11.1 Å². The summed E-state index contributed by atoms with van der Waals surface area (Å²) >= 11 is 2.92. The number of nitrogens with two attached hydrogens (primary N) is 1. The lowest BCUT2D eigenvalue weighted by molar-refractivity contribution is 0.110. The van der Waals surface area contributed by atoms with Crippen molar-refractivity contribution in [3.63, 3.8) is 0 Å². The maximum absolute atomic E-state index is 10.7. The summed E-state index contributed by atoms with van der Waals surface area (Å²) in [6.07, 6.45) is 1.64. The highest BCUT2D eigenvalue weighted by Crippen LogP contribution is 2.39. The molecule has 0 amide bonds. The molecule has 0 bridgehead atoms. The Morgan fingerprint density at radius 3 is 2.67 bits per heavy atom. The number of aliphatic hydroxyl groups is 1. The van der Waals surface area contributed by atoms with E-state index >= 15 is 0 Å². The SMILES string of the molecule is CC(O)(c1cnc(N)s1)c1cc2ccccc2s1. The molecule has 3 N–H and O–H groups in total. The molecular weight excluding hydrogens is 264 g/mol. The van der Waals surface area contributed by atoms with Crippen LogP contribution in [0, 0.1) is 0 Å². The van der Waals surface area contributed by atoms with Gasteiger partial charge in [-0.3, -0.25) is 0 Å². The molecule has 0 aliphatic rings. The Hall–Kier alpha value is -1.43. The molecule has 1 aromatic carbocycles. The minimum absolute atomic E-state index is 0.478. The molecule has 0 radical (unpaired) electrons. The third-order valence-corrected chi connectivity index (χ3v) is 5.27. The number of aromatic nitrogens is 1. The molecule has 92 valence electrons. The van der Waals surface area contributed by atoms with Crippen molar-refractivity contribution < 1.29 is 5.11 Å². The van der Waals surface area contributed by atoms with Crippen LogP contribution in [0.25, 0.3) is 10.1 Å². The Morgan fingerprint density at radius 1 is 1.22 bits per heavy atom. The van der Waals surface area contributed by atoms with Gasteiger partial charge in [-0.2, -0.15) is 0 Å². The highest BCUT2D eigenvalue weighted by molar-refractivity contribution is 7.19. The molecule has 0 aliphatic heterocycles. The number of benzene rings is 1. The second kappa shape index (κ2) is 4.05. The van der Waals surface area contributed by atoms with Crippen LogP contribution in [0.2, 0.25) is 0 Å². The van der Waals surface area contributed by atoms with Crippen molar-refractivity contribution >= 4 is 37.9 Å². The molecule has 0 saturated heterocycles. The van der Waals surface area contributed by atoms with E-state index in [4.69, 9.17) is 5.73 Å². The Kier molecular flexibility index (Phi) is 2.62. The van der Waals surface area contributed by atoms with Crippen LogP contribution >= 0.6 is 22.7 Å². The Labute approximate surface area is 113 Å². The predicted molar refractivity (Wildman–Crippen MR) is 77.0 cm³/mol. The van der Waals surface area contributed by atoms with E-state index in [1.165, 1.54) is 16.0 Å². The van der Waals surface area contributed by atoms with Crippen molar-refractivity contribution in [2.24, 2.45) is 0 Å². The summed E-state index contributed by atoms with van der Waals surface area (Å²) in [5, 5.41) is 12.3. The summed E-state index contributed by atoms with van der Waals surface area (Å²) in [6.45, 7) is 1.78. The van der Waals surface area contributed by atoms with Gasteiger partial charge in [-0.15, -0.1) is 11.3 Å². The molecule has 0 spiro atoms. The number of fused-ring (bicyclic) bond motifs is 1. The van der Waals surface area contributed by atoms with Crippen LogP contribution in [0.3, 0.4) is 0 Å². The van der Waals surface area contributed by atoms with E-state index in [0.29, 0.717) is 5.13 Å². The topological polar surface area (TPSA) is 59.1 Å². The fourth-order valence-electron chi connectivity index (χ4n) is 1.86. The van der Waals surface area contributed by atoms with E-state index in [0.717, 1.165) is 15.1 Å². The fraction of sp³-hybridized carbons (Fsp3) is 0.154. The van der Waals surface area contributed by atoms with Crippen LogP contribution in [0.4, 0.5) is 5.13 Å². The summed E-state index contributed by atoms with van der Waals surface area (Å²) in [5.41, 5.74) is 4.60. The summed E-state index contributed by atoms with van der Waals surface area (Å²) in [4.78, 5) is 5.68. The molecule has 3 nitrogen and oxygen atoms in total. The van der Waals surface area contributed by atoms with Crippen LogP contribution in [-0.4, -0.2) is 10.1 Å². The zero-order valence-electron chi connectivity index (χ0n) is 9.75. The highest BCUT2D eigenvalue weighted by Gasteiger charge is 2.30. The van der Waals surface area contributed by atoms with Crippen molar-refractivity contribution in [1.29, 1.82) is 0 Å². The first-order valence-corrected chi connectivity index (χ1v) is 7.14. The van der Waals surface area contributed by atoms with Gasteiger partial charge in [0.2, 0.25) is 0 Å². The molecule has 0 aliphatic carbocycles. The van der Waals surface area contributed by atoms with E-state index < -0.39 is 5.60 Å². The molecule has 1 atom stereocenters. The number of nitrogen functional groups attached to an aromatic ring is 1. The maximum atomic E-state index is 10.7. The summed E-state index contributed by atoms with van der Waals surface area (Å²) in [6, 6.07) is 10.1. The van der Waals surface area contributed by atoms with Crippen molar-refractivity contribution in [1.82, 2.24) is 4.98 Å². The van der Waals surface area contributed by atoms with Crippen molar-refractivity contribution in [2.75, 3.05) is 5.73 Å². The average Bonchev–Trinajstić information content (AvgIpc) is 2.94. The first kappa shape index (κ1) is 11.6.